The largest absolute Gasteiger partial charge is 0.381 e. The minimum Gasteiger partial charge on any atom is -0.381 e. The Hall–Kier alpha value is 0.790. The number of halogens is 1. The molecule has 1 saturated heterocycles. The van der Waals surface area contributed by atoms with Crippen LogP contribution in [-0.2, 0) is 4.74 Å². The first-order chi connectivity index (χ1) is 7.35. The van der Waals surface area contributed by atoms with Crippen LogP contribution in [0, 0.1) is 5.41 Å². The van der Waals surface area contributed by atoms with Crippen molar-refractivity contribution in [1.29, 1.82) is 0 Å². The lowest BCUT2D eigenvalue weighted by atomic mass is 9.85. The monoisotopic (exact) mass is 292 g/mol. The second kappa shape index (κ2) is 5.92. The Bertz CT molecular complexity index is 186. The van der Waals surface area contributed by atoms with Gasteiger partial charge in [0.2, 0.25) is 0 Å². The van der Waals surface area contributed by atoms with Gasteiger partial charge in [0.1, 0.15) is 0 Å². The summed E-state index contributed by atoms with van der Waals surface area (Å²) >= 11 is 5.94. The van der Waals surface area contributed by atoms with Gasteiger partial charge in [-0.15, -0.1) is 0 Å². The van der Waals surface area contributed by atoms with E-state index in [4.69, 9.17) is 4.74 Å². The summed E-state index contributed by atoms with van der Waals surface area (Å²) in [6, 6.07) is 0. The van der Waals surface area contributed by atoms with E-state index in [-0.39, 0.29) is 0 Å². The fraction of sp³-hybridized carbons (Fsp3) is 1.00. The highest BCUT2D eigenvalue weighted by Gasteiger charge is 2.32. The van der Waals surface area contributed by atoms with Crippen molar-refractivity contribution in [2.45, 2.75) is 43.8 Å². The van der Waals surface area contributed by atoms with Crippen molar-refractivity contribution in [2.24, 2.45) is 5.41 Å². The Labute approximate surface area is 106 Å². The Morgan fingerprint density at radius 2 is 1.87 bits per heavy atom. The van der Waals surface area contributed by atoms with Gasteiger partial charge in [0.15, 0.2) is 0 Å². The van der Waals surface area contributed by atoms with Gasteiger partial charge >= 0.3 is 0 Å². The Kier molecular flexibility index (Phi) is 4.84. The minimum atomic E-state index is 0.533. The van der Waals surface area contributed by atoms with E-state index in [9.17, 15) is 0 Å². The average Bonchev–Trinajstić information content (AvgIpc) is 2.81. The lowest BCUT2D eigenvalue weighted by Crippen LogP contribution is -2.34. The van der Waals surface area contributed by atoms with Crippen molar-refractivity contribution in [3.8, 4) is 0 Å². The minimum absolute atomic E-state index is 0.533. The molecule has 2 fully saturated rings. The van der Waals surface area contributed by atoms with Crippen molar-refractivity contribution in [3.05, 3.63) is 0 Å². The maximum absolute atomic E-state index is 5.47. The summed E-state index contributed by atoms with van der Waals surface area (Å²) in [6.45, 7) is 1.94. The van der Waals surface area contributed by atoms with E-state index in [1.54, 1.807) is 0 Å². The summed E-state index contributed by atoms with van der Waals surface area (Å²) < 4.78 is 5.47. The fourth-order valence-electron chi connectivity index (χ4n) is 2.47. The topological polar surface area (TPSA) is 9.23 Å². The van der Waals surface area contributed by atoms with E-state index in [1.165, 1.54) is 44.3 Å². The molecule has 1 aliphatic heterocycles. The van der Waals surface area contributed by atoms with Crippen LogP contribution in [0.2, 0.25) is 0 Å². The van der Waals surface area contributed by atoms with Crippen molar-refractivity contribution >= 4 is 27.7 Å². The molecule has 15 heavy (non-hydrogen) atoms. The van der Waals surface area contributed by atoms with E-state index in [0.717, 1.165) is 23.8 Å². The van der Waals surface area contributed by atoms with E-state index >= 15 is 0 Å². The van der Waals surface area contributed by atoms with Crippen LogP contribution < -0.4 is 0 Å². The van der Waals surface area contributed by atoms with Gasteiger partial charge < -0.3 is 4.74 Å². The molecule has 2 rings (SSSR count). The molecule has 1 heterocycles. The Balaban J connectivity index is 1.78. The standard InChI is InChI=1S/C12H21BrOS/c13-9-12(5-7-14-8-6-12)10-15-11-3-1-2-4-11/h11H,1-10H2. The molecular formula is C12H21BrOS. The average molecular weight is 293 g/mol. The number of alkyl halides is 1. The molecule has 0 aromatic carbocycles. The zero-order valence-electron chi connectivity index (χ0n) is 9.34. The van der Waals surface area contributed by atoms with Crippen LogP contribution in [0.15, 0.2) is 0 Å². The third-order valence-corrected chi connectivity index (χ3v) is 6.68. The molecule has 2 aliphatic rings. The summed E-state index contributed by atoms with van der Waals surface area (Å²) in [5.41, 5.74) is 0.533. The van der Waals surface area contributed by atoms with Crippen molar-refractivity contribution in [3.63, 3.8) is 0 Å². The molecule has 0 spiro atoms. The van der Waals surface area contributed by atoms with Crippen LogP contribution in [0.5, 0.6) is 0 Å². The first-order valence-corrected chi connectivity index (χ1v) is 8.27. The molecule has 1 nitrogen and oxygen atoms in total. The summed E-state index contributed by atoms with van der Waals surface area (Å²) in [7, 11) is 0. The molecule has 0 aromatic heterocycles. The number of hydrogen-bond donors (Lipinski definition) is 0. The van der Waals surface area contributed by atoms with Crippen LogP contribution in [0.3, 0.4) is 0 Å². The van der Waals surface area contributed by atoms with Crippen LogP contribution in [0.4, 0.5) is 0 Å². The molecule has 3 heteroatoms. The Morgan fingerprint density at radius 1 is 1.20 bits per heavy atom. The van der Waals surface area contributed by atoms with Gasteiger partial charge in [-0.3, -0.25) is 0 Å². The van der Waals surface area contributed by atoms with Gasteiger partial charge in [-0.05, 0) is 31.1 Å². The third-order valence-electron chi connectivity index (χ3n) is 3.76. The van der Waals surface area contributed by atoms with E-state index in [0.29, 0.717) is 5.41 Å². The van der Waals surface area contributed by atoms with Crippen molar-refractivity contribution in [1.82, 2.24) is 0 Å². The normalized spacial score (nSPS) is 27.0. The molecule has 1 aliphatic carbocycles. The van der Waals surface area contributed by atoms with Crippen LogP contribution in [0.25, 0.3) is 0 Å². The van der Waals surface area contributed by atoms with Crippen LogP contribution in [-0.4, -0.2) is 29.5 Å². The first-order valence-electron chi connectivity index (χ1n) is 6.10. The van der Waals surface area contributed by atoms with Gasteiger partial charge in [0.05, 0.1) is 0 Å². The summed E-state index contributed by atoms with van der Waals surface area (Å²) in [4.78, 5) is 0. The van der Waals surface area contributed by atoms with E-state index in [1.807, 2.05) is 0 Å². The highest BCUT2D eigenvalue weighted by atomic mass is 79.9. The molecule has 0 amide bonds. The highest BCUT2D eigenvalue weighted by Crippen LogP contribution is 2.39. The van der Waals surface area contributed by atoms with Gasteiger partial charge in [-0.25, -0.2) is 0 Å². The number of rotatable bonds is 4. The summed E-state index contributed by atoms with van der Waals surface area (Å²) in [5.74, 6) is 1.34. The summed E-state index contributed by atoms with van der Waals surface area (Å²) in [6.07, 6.45) is 8.33. The SMILES string of the molecule is BrCC1(CSC2CCCC2)CCOCC1. The maximum Gasteiger partial charge on any atom is 0.0471 e. The fourth-order valence-corrected chi connectivity index (χ4v) is 5.14. The van der Waals surface area contributed by atoms with Crippen molar-refractivity contribution in [2.75, 3.05) is 24.3 Å². The predicted octanol–water partition coefficient (Wildman–Crippen LogP) is 3.85. The smallest absolute Gasteiger partial charge is 0.0471 e. The number of hydrogen-bond acceptors (Lipinski definition) is 2. The number of thioether (sulfide) groups is 1. The molecule has 0 atom stereocenters. The lowest BCUT2D eigenvalue weighted by Gasteiger charge is -2.36. The van der Waals surface area contributed by atoms with Gasteiger partial charge in [0, 0.05) is 29.5 Å². The van der Waals surface area contributed by atoms with Gasteiger partial charge in [0.25, 0.3) is 0 Å². The van der Waals surface area contributed by atoms with Crippen LogP contribution in [0.1, 0.15) is 38.5 Å². The number of ether oxygens (including phenoxy) is 1. The summed E-state index contributed by atoms with van der Waals surface area (Å²) in [5, 5.41) is 2.12. The Morgan fingerprint density at radius 3 is 2.47 bits per heavy atom. The zero-order valence-corrected chi connectivity index (χ0v) is 11.7. The zero-order chi connectivity index (χ0) is 10.6. The van der Waals surface area contributed by atoms with E-state index < -0.39 is 0 Å². The van der Waals surface area contributed by atoms with Crippen LogP contribution >= 0.6 is 27.7 Å². The first kappa shape index (κ1) is 12.3. The molecule has 0 bridgehead atoms. The predicted molar refractivity (Wildman–Crippen MR) is 71.0 cm³/mol. The quantitative estimate of drug-likeness (QED) is 0.728. The third kappa shape index (κ3) is 3.37. The molecule has 0 aromatic rings. The van der Waals surface area contributed by atoms with Gasteiger partial charge in [-0.1, -0.05) is 28.8 Å². The molecule has 0 N–H and O–H groups in total. The molecule has 1 saturated carbocycles. The molecule has 0 radical (unpaired) electrons. The second-order valence-corrected chi connectivity index (χ2v) is 6.81. The van der Waals surface area contributed by atoms with Gasteiger partial charge in [-0.2, -0.15) is 11.8 Å². The van der Waals surface area contributed by atoms with Crippen molar-refractivity contribution < 1.29 is 4.74 Å². The molecular weight excluding hydrogens is 272 g/mol. The van der Waals surface area contributed by atoms with E-state index in [2.05, 4.69) is 27.7 Å². The molecule has 0 unspecified atom stereocenters. The highest BCUT2D eigenvalue weighted by molar-refractivity contribution is 9.09. The lowest BCUT2D eigenvalue weighted by molar-refractivity contribution is 0.0374. The second-order valence-electron chi connectivity index (χ2n) is 4.96. The maximum atomic E-state index is 5.47. The molecule has 88 valence electrons.